The van der Waals surface area contributed by atoms with Crippen molar-refractivity contribution in [2.75, 3.05) is 0 Å². The minimum Gasteiger partial charge on any atom is -0.543 e. The highest BCUT2D eigenvalue weighted by Crippen LogP contribution is 2.38. The first-order valence-corrected chi connectivity index (χ1v) is 9.01. The molecule has 0 fully saturated rings. The SMILES string of the molecule is CC(C)(C)[Si](C)(C)Oc1ccc(C[O])c(Cl)c1. The van der Waals surface area contributed by atoms with Gasteiger partial charge in [-0.15, -0.1) is 0 Å². The third kappa shape index (κ3) is 3.47. The van der Waals surface area contributed by atoms with Crippen molar-refractivity contribution < 1.29 is 9.53 Å². The fourth-order valence-corrected chi connectivity index (χ4v) is 2.40. The third-order valence-corrected chi connectivity index (χ3v) is 8.07. The molecule has 4 heteroatoms. The number of hydrogen-bond donors (Lipinski definition) is 0. The molecule has 0 bridgehead atoms. The second-order valence-corrected chi connectivity index (χ2v) is 10.9. The van der Waals surface area contributed by atoms with Crippen molar-refractivity contribution in [3.8, 4) is 5.75 Å². The average molecular weight is 272 g/mol. The van der Waals surface area contributed by atoms with Crippen molar-refractivity contribution in [3.63, 3.8) is 0 Å². The molecule has 0 spiro atoms. The van der Waals surface area contributed by atoms with Crippen molar-refractivity contribution in [2.45, 2.75) is 45.5 Å². The molecular formula is C13H20ClO2Si. The van der Waals surface area contributed by atoms with Crippen LogP contribution in [0, 0.1) is 0 Å². The maximum atomic E-state index is 10.8. The van der Waals surface area contributed by atoms with E-state index in [1.807, 2.05) is 6.07 Å². The van der Waals surface area contributed by atoms with Crippen molar-refractivity contribution in [1.82, 2.24) is 0 Å². The molecular weight excluding hydrogens is 252 g/mol. The monoisotopic (exact) mass is 271 g/mol. The topological polar surface area (TPSA) is 29.1 Å². The normalized spacial score (nSPS) is 12.6. The van der Waals surface area contributed by atoms with Crippen molar-refractivity contribution in [1.29, 1.82) is 0 Å². The first-order valence-electron chi connectivity index (χ1n) is 5.73. The summed E-state index contributed by atoms with van der Waals surface area (Å²) < 4.78 is 6.10. The van der Waals surface area contributed by atoms with Gasteiger partial charge in [-0.2, -0.15) is 0 Å². The van der Waals surface area contributed by atoms with Crippen LogP contribution in [0.4, 0.5) is 0 Å². The second kappa shape index (κ2) is 5.00. The van der Waals surface area contributed by atoms with Gasteiger partial charge in [-0.1, -0.05) is 38.4 Å². The fraction of sp³-hybridized carbons (Fsp3) is 0.538. The van der Waals surface area contributed by atoms with Crippen LogP contribution in [0.2, 0.25) is 23.2 Å². The Bertz CT molecular complexity index is 397. The highest BCUT2D eigenvalue weighted by Gasteiger charge is 2.38. The molecule has 0 unspecified atom stereocenters. The van der Waals surface area contributed by atoms with E-state index >= 15 is 0 Å². The summed E-state index contributed by atoms with van der Waals surface area (Å²) in [6.45, 7) is 10.6. The van der Waals surface area contributed by atoms with Crippen molar-refractivity contribution in [2.24, 2.45) is 0 Å². The van der Waals surface area contributed by atoms with Crippen LogP contribution in [0.3, 0.4) is 0 Å². The molecule has 0 aliphatic carbocycles. The van der Waals surface area contributed by atoms with E-state index in [4.69, 9.17) is 16.0 Å². The molecule has 0 amide bonds. The molecule has 0 aromatic heterocycles. The van der Waals surface area contributed by atoms with Crippen LogP contribution in [0.25, 0.3) is 0 Å². The van der Waals surface area contributed by atoms with E-state index in [1.54, 1.807) is 12.1 Å². The molecule has 1 aromatic rings. The molecule has 0 atom stereocenters. The number of halogens is 1. The van der Waals surface area contributed by atoms with Gasteiger partial charge in [-0.3, -0.25) is 0 Å². The lowest BCUT2D eigenvalue weighted by Crippen LogP contribution is -2.43. The van der Waals surface area contributed by atoms with Crippen LogP contribution in [0.1, 0.15) is 26.3 Å². The highest BCUT2D eigenvalue weighted by atomic mass is 35.5. The Labute approximate surface area is 110 Å². The minimum absolute atomic E-state index is 0.149. The Morgan fingerprint density at radius 3 is 2.29 bits per heavy atom. The van der Waals surface area contributed by atoms with Crippen LogP contribution < -0.4 is 4.43 Å². The Morgan fingerprint density at radius 1 is 1.29 bits per heavy atom. The summed E-state index contributed by atoms with van der Waals surface area (Å²) in [6.07, 6.45) is 0. The number of hydrogen-bond acceptors (Lipinski definition) is 1. The van der Waals surface area contributed by atoms with Gasteiger partial charge in [0.2, 0.25) is 8.32 Å². The summed E-state index contributed by atoms with van der Waals surface area (Å²) in [7, 11) is -1.83. The molecule has 0 N–H and O–H groups in total. The first-order chi connectivity index (χ1) is 7.67. The van der Waals surface area contributed by atoms with Crippen molar-refractivity contribution >= 4 is 19.9 Å². The molecule has 0 heterocycles. The molecule has 1 aromatic carbocycles. The van der Waals surface area contributed by atoms with Crippen LogP contribution in [0.15, 0.2) is 18.2 Å². The molecule has 2 nitrogen and oxygen atoms in total. The third-order valence-electron chi connectivity index (χ3n) is 3.36. The maximum Gasteiger partial charge on any atom is 0.250 e. The Morgan fingerprint density at radius 2 is 1.88 bits per heavy atom. The fourth-order valence-electron chi connectivity index (χ4n) is 1.16. The lowest BCUT2D eigenvalue weighted by Gasteiger charge is -2.36. The molecule has 1 radical (unpaired) electrons. The molecule has 1 rings (SSSR count). The molecule has 0 aliphatic heterocycles. The zero-order valence-corrected chi connectivity index (χ0v) is 12.9. The largest absolute Gasteiger partial charge is 0.543 e. The number of benzene rings is 1. The Balaban J connectivity index is 2.93. The number of rotatable bonds is 3. The van der Waals surface area contributed by atoms with E-state index in [9.17, 15) is 5.11 Å². The van der Waals surface area contributed by atoms with Crippen LogP contribution in [-0.4, -0.2) is 8.32 Å². The van der Waals surface area contributed by atoms with E-state index in [0.29, 0.717) is 10.6 Å². The zero-order chi connectivity index (χ0) is 13.3. The predicted octanol–water partition coefficient (Wildman–Crippen LogP) is 4.65. The average Bonchev–Trinajstić information content (AvgIpc) is 2.15. The van der Waals surface area contributed by atoms with Gasteiger partial charge in [0.25, 0.3) is 0 Å². The van der Waals surface area contributed by atoms with Crippen LogP contribution >= 0.6 is 11.6 Å². The van der Waals surface area contributed by atoms with Gasteiger partial charge in [0.15, 0.2) is 0 Å². The van der Waals surface area contributed by atoms with Gasteiger partial charge in [0.05, 0.1) is 0 Å². The maximum absolute atomic E-state index is 10.8. The summed E-state index contributed by atoms with van der Waals surface area (Å²) in [4.78, 5) is 0. The standard InChI is InChI=1S/C13H20ClO2Si/c1-13(2,3)17(4,5)16-11-7-6-10(9-15)12(14)8-11/h6-8H,9H2,1-5H3. The molecule has 0 saturated carbocycles. The van der Waals surface area contributed by atoms with E-state index in [0.717, 1.165) is 5.75 Å². The minimum atomic E-state index is -1.83. The summed E-state index contributed by atoms with van der Waals surface area (Å²) in [5, 5.41) is 11.4. The van der Waals surface area contributed by atoms with Gasteiger partial charge in [-0.25, -0.2) is 5.11 Å². The van der Waals surface area contributed by atoms with Crippen LogP contribution in [-0.2, 0) is 11.7 Å². The Hall–Kier alpha value is -0.513. The quantitative estimate of drug-likeness (QED) is 0.736. The molecule has 0 aliphatic rings. The zero-order valence-electron chi connectivity index (χ0n) is 11.1. The first kappa shape index (κ1) is 14.5. The van der Waals surface area contributed by atoms with E-state index in [2.05, 4.69) is 33.9 Å². The van der Waals surface area contributed by atoms with Gasteiger partial charge in [-0.05, 0) is 35.8 Å². The lowest BCUT2D eigenvalue weighted by molar-refractivity contribution is 0.177. The van der Waals surface area contributed by atoms with Gasteiger partial charge in [0.1, 0.15) is 12.4 Å². The Kier molecular flexibility index (Phi) is 4.28. The van der Waals surface area contributed by atoms with Gasteiger partial charge < -0.3 is 4.43 Å². The summed E-state index contributed by atoms with van der Waals surface area (Å²) >= 11 is 6.01. The summed E-state index contributed by atoms with van der Waals surface area (Å²) in [6, 6.07) is 5.33. The highest BCUT2D eigenvalue weighted by molar-refractivity contribution is 6.74. The molecule has 0 saturated heterocycles. The second-order valence-electron chi connectivity index (χ2n) is 5.76. The predicted molar refractivity (Wildman–Crippen MR) is 73.7 cm³/mol. The van der Waals surface area contributed by atoms with E-state index < -0.39 is 8.32 Å². The summed E-state index contributed by atoms with van der Waals surface area (Å²) in [5.74, 6) is 0.763. The lowest BCUT2D eigenvalue weighted by atomic mass is 10.2. The van der Waals surface area contributed by atoms with E-state index in [-0.39, 0.29) is 11.6 Å². The van der Waals surface area contributed by atoms with Gasteiger partial charge in [0, 0.05) is 5.02 Å². The molecule has 17 heavy (non-hydrogen) atoms. The molecule has 95 valence electrons. The smallest absolute Gasteiger partial charge is 0.250 e. The van der Waals surface area contributed by atoms with Crippen LogP contribution in [0.5, 0.6) is 5.75 Å². The summed E-state index contributed by atoms with van der Waals surface area (Å²) in [5.41, 5.74) is 0.620. The van der Waals surface area contributed by atoms with E-state index in [1.165, 1.54) is 0 Å². The van der Waals surface area contributed by atoms with Gasteiger partial charge >= 0.3 is 0 Å². The van der Waals surface area contributed by atoms with Crippen molar-refractivity contribution in [3.05, 3.63) is 28.8 Å².